The third-order valence-corrected chi connectivity index (χ3v) is 2.69. The Morgan fingerprint density at radius 1 is 1.50 bits per heavy atom. The van der Waals surface area contributed by atoms with Crippen molar-refractivity contribution in [3.05, 3.63) is 36.9 Å². The average Bonchev–Trinajstić information content (AvgIpc) is 2.17. The Labute approximate surface area is 94.0 Å². The normalized spacial score (nSPS) is 10.8. The molecule has 1 aromatic rings. The zero-order chi connectivity index (χ0) is 12.2. The summed E-state index contributed by atoms with van der Waals surface area (Å²) in [7, 11) is -3.74. The fraction of sp³-hybridized carbons (Fsp3) is 0.100. The van der Waals surface area contributed by atoms with Crippen molar-refractivity contribution < 1.29 is 13.2 Å². The summed E-state index contributed by atoms with van der Waals surface area (Å²) in [6.07, 6.45) is 1.62. The molecule has 0 aromatic heterocycles. The van der Waals surface area contributed by atoms with Crippen molar-refractivity contribution in [2.24, 2.45) is 5.14 Å². The molecular formula is C10H12N2O3S. The first-order chi connectivity index (χ1) is 7.43. The molecule has 0 saturated carbocycles. The molecule has 86 valence electrons. The zero-order valence-corrected chi connectivity index (χ0v) is 9.33. The second-order valence-electron chi connectivity index (χ2n) is 3.11. The lowest BCUT2D eigenvalue weighted by molar-refractivity contribution is -0.115. The van der Waals surface area contributed by atoms with E-state index in [1.165, 1.54) is 24.3 Å². The second-order valence-corrected chi connectivity index (χ2v) is 4.68. The number of anilines is 1. The first-order valence-electron chi connectivity index (χ1n) is 4.47. The van der Waals surface area contributed by atoms with Gasteiger partial charge in [0.25, 0.3) is 0 Å². The van der Waals surface area contributed by atoms with Gasteiger partial charge >= 0.3 is 0 Å². The number of carbonyl (C=O) groups excluding carboxylic acids is 1. The second kappa shape index (κ2) is 4.91. The van der Waals surface area contributed by atoms with Crippen molar-refractivity contribution in [2.75, 3.05) is 5.32 Å². The maximum Gasteiger partial charge on any atom is 0.238 e. The molecule has 0 spiro atoms. The number of benzene rings is 1. The number of carbonyl (C=O) groups is 1. The first-order valence-corrected chi connectivity index (χ1v) is 6.02. The van der Waals surface area contributed by atoms with Gasteiger partial charge in [0, 0.05) is 12.1 Å². The molecule has 3 N–H and O–H groups in total. The quantitative estimate of drug-likeness (QED) is 0.764. The van der Waals surface area contributed by atoms with Gasteiger partial charge in [-0.2, -0.15) is 0 Å². The minimum Gasteiger partial charge on any atom is -0.326 e. The number of sulfonamides is 1. The van der Waals surface area contributed by atoms with Crippen LogP contribution in [0.1, 0.15) is 6.42 Å². The van der Waals surface area contributed by atoms with Crippen LogP contribution in [0.15, 0.2) is 41.8 Å². The van der Waals surface area contributed by atoms with Gasteiger partial charge in [0.1, 0.15) is 0 Å². The summed E-state index contributed by atoms with van der Waals surface area (Å²) in [5.74, 6) is -0.262. The van der Waals surface area contributed by atoms with Gasteiger partial charge in [0.05, 0.1) is 4.90 Å². The van der Waals surface area contributed by atoms with E-state index in [0.29, 0.717) is 5.69 Å². The van der Waals surface area contributed by atoms with E-state index in [1.807, 2.05) is 0 Å². The maximum atomic E-state index is 11.2. The van der Waals surface area contributed by atoms with E-state index in [0.717, 1.165) is 0 Å². The summed E-state index contributed by atoms with van der Waals surface area (Å²) in [5, 5.41) is 7.48. The lowest BCUT2D eigenvalue weighted by atomic mass is 10.3. The summed E-state index contributed by atoms with van der Waals surface area (Å²) < 4.78 is 22.1. The standard InChI is InChI=1S/C10H12N2O3S/c1-2-4-10(13)12-8-5-3-6-9(7-8)16(11,14)15/h2-3,5-7H,1,4H2,(H,12,13)(H2,11,14,15). The molecule has 0 bridgehead atoms. The number of nitrogens with two attached hydrogens (primary N) is 1. The third-order valence-electron chi connectivity index (χ3n) is 1.78. The van der Waals surface area contributed by atoms with Crippen LogP contribution in [0.25, 0.3) is 0 Å². The topological polar surface area (TPSA) is 89.3 Å². The van der Waals surface area contributed by atoms with Crippen LogP contribution in [0, 0.1) is 0 Å². The van der Waals surface area contributed by atoms with Crippen molar-refractivity contribution in [2.45, 2.75) is 11.3 Å². The molecule has 5 nitrogen and oxygen atoms in total. The maximum absolute atomic E-state index is 11.2. The van der Waals surface area contributed by atoms with Crippen LogP contribution in [0.3, 0.4) is 0 Å². The van der Waals surface area contributed by atoms with Crippen molar-refractivity contribution in [3.63, 3.8) is 0 Å². The number of rotatable bonds is 4. The van der Waals surface area contributed by atoms with Crippen LogP contribution in [-0.4, -0.2) is 14.3 Å². The fourth-order valence-electron chi connectivity index (χ4n) is 1.09. The molecule has 0 aliphatic rings. The van der Waals surface area contributed by atoms with Crippen molar-refractivity contribution in [3.8, 4) is 0 Å². The summed E-state index contributed by atoms with van der Waals surface area (Å²) in [6.45, 7) is 3.42. The van der Waals surface area contributed by atoms with Crippen LogP contribution < -0.4 is 10.5 Å². The number of amides is 1. The van der Waals surface area contributed by atoms with Crippen molar-refractivity contribution in [1.29, 1.82) is 0 Å². The summed E-state index contributed by atoms with van der Waals surface area (Å²) in [4.78, 5) is 11.2. The van der Waals surface area contributed by atoms with Gasteiger partial charge in [-0.05, 0) is 18.2 Å². The Morgan fingerprint density at radius 3 is 2.75 bits per heavy atom. The smallest absolute Gasteiger partial charge is 0.238 e. The summed E-state index contributed by atoms with van der Waals surface area (Å²) in [5.41, 5.74) is 0.387. The van der Waals surface area contributed by atoms with Gasteiger partial charge in [-0.3, -0.25) is 4.79 Å². The molecule has 0 aliphatic carbocycles. The first kappa shape index (κ1) is 12.4. The highest BCUT2D eigenvalue weighted by Gasteiger charge is 2.08. The van der Waals surface area contributed by atoms with E-state index < -0.39 is 10.0 Å². The molecule has 6 heteroatoms. The number of nitrogens with one attached hydrogen (secondary N) is 1. The van der Waals surface area contributed by atoms with Gasteiger partial charge in [0.15, 0.2) is 0 Å². The molecule has 0 radical (unpaired) electrons. The predicted molar refractivity (Wildman–Crippen MR) is 61.3 cm³/mol. The van der Waals surface area contributed by atoms with Gasteiger partial charge in [-0.25, -0.2) is 13.6 Å². The molecule has 0 aliphatic heterocycles. The number of primary sulfonamides is 1. The van der Waals surface area contributed by atoms with Gasteiger partial charge in [-0.1, -0.05) is 12.1 Å². The molecular weight excluding hydrogens is 228 g/mol. The van der Waals surface area contributed by atoms with Gasteiger partial charge in [-0.15, -0.1) is 6.58 Å². The molecule has 16 heavy (non-hydrogen) atoms. The molecule has 0 atom stereocenters. The molecule has 1 rings (SSSR count). The highest BCUT2D eigenvalue weighted by molar-refractivity contribution is 7.89. The van der Waals surface area contributed by atoms with Crippen LogP contribution in [0.4, 0.5) is 5.69 Å². The molecule has 1 aromatic carbocycles. The van der Waals surface area contributed by atoms with E-state index >= 15 is 0 Å². The van der Waals surface area contributed by atoms with Gasteiger partial charge < -0.3 is 5.32 Å². The van der Waals surface area contributed by atoms with Crippen molar-refractivity contribution >= 4 is 21.6 Å². The molecule has 0 unspecified atom stereocenters. The summed E-state index contributed by atoms with van der Waals surface area (Å²) >= 11 is 0. The predicted octanol–water partition coefficient (Wildman–Crippen LogP) is 0.849. The van der Waals surface area contributed by atoms with E-state index in [9.17, 15) is 13.2 Å². The minimum atomic E-state index is -3.74. The van der Waals surface area contributed by atoms with E-state index in [-0.39, 0.29) is 17.2 Å². The third kappa shape index (κ3) is 3.48. The number of hydrogen-bond donors (Lipinski definition) is 2. The zero-order valence-electron chi connectivity index (χ0n) is 8.51. The largest absolute Gasteiger partial charge is 0.326 e. The molecule has 0 fully saturated rings. The Hall–Kier alpha value is -1.66. The molecule has 1 amide bonds. The summed E-state index contributed by atoms with van der Waals surface area (Å²) in [6, 6.07) is 5.74. The SMILES string of the molecule is C=CCC(=O)Nc1cccc(S(N)(=O)=O)c1. The Kier molecular flexibility index (Phi) is 3.81. The van der Waals surface area contributed by atoms with E-state index in [2.05, 4.69) is 11.9 Å². The monoisotopic (exact) mass is 240 g/mol. The van der Waals surface area contributed by atoms with Crippen LogP contribution in [-0.2, 0) is 14.8 Å². The number of hydrogen-bond acceptors (Lipinski definition) is 3. The lowest BCUT2D eigenvalue weighted by Gasteiger charge is -2.05. The molecule has 0 heterocycles. The Balaban J connectivity index is 2.91. The van der Waals surface area contributed by atoms with Crippen LogP contribution in [0.5, 0.6) is 0 Å². The van der Waals surface area contributed by atoms with Gasteiger partial charge in [0.2, 0.25) is 15.9 Å². The average molecular weight is 240 g/mol. The highest BCUT2D eigenvalue weighted by Crippen LogP contribution is 2.14. The Bertz CT molecular complexity index is 509. The van der Waals surface area contributed by atoms with Crippen molar-refractivity contribution in [1.82, 2.24) is 0 Å². The van der Waals surface area contributed by atoms with Crippen LogP contribution in [0.2, 0.25) is 0 Å². The molecule has 0 saturated heterocycles. The van der Waals surface area contributed by atoms with E-state index in [1.54, 1.807) is 6.07 Å². The fourth-order valence-corrected chi connectivity index (χ4v) is 1.65. The highest BCUT2D eigenvalue weighted by atomic mass is 32.2. The Morgan fingerprint density at radius 2 is 2.19 bits per heavy atom. The van der Waals surface area contributed by atoms with Crippen LogP contribution >= 0.6 is 0 Å². The van der Waals surface area contributed by atoms with E-state index in [4.69, 9.17) is 5.14 Å². The minimum absolute atomic E-state index is 0.0381. The lowest BCUT2D eigenvalue weighted by Crippen LogP contribution is -2.14.